The Hall–Kier alpha value is -2.15. The molecule has 0 amide bonds. The summed E-state index contributed by atoms with van der Waals surface area (Å²) >= 11 is 0. The molecule has 0 aromatic heterocycles. The molecule has 0 saturated carbocycles. The fraction of sp³-hybridized carbons (Fsp3) is 0.500. The molecule has 1 fully saturated rings. The quantitative estimate of drug-likeness (QED) is 0.636. The Bertz CT molecular complexity index is 800. The Morgan fingerprint density at radius 3 is 2.17 bits per heavy atom. The summed E-state index contributed by atoms with van der Waals surface area (Å²) in [6, 6.07) is 21.9. The highest BCUT2D eigenvalue weighted by Crippen LogP contribution is 2.38. The van der Waals surface area contributed by atoms with Crippen molar-refractivity contribution >= 4 is 0 Å². The largest absolute Gasteiger partial charge is 0.301 e. The average Bonchev–Trinajstić information content (AvgIpc) is 2.74. The molecule has 0 aliphatic carbocycles. The molecule has 0 radical (unpaired) electrons. The fourth-order valence-electron chi connectivity index (χ4n) is 4.65. The van der Waals surface area contributed by atoms with E-state index >= 15 is 0 Å². The lowest BCUT2D eigenvalue weighted by Gasteiger charge is -2.36. The highest BCUT2D eigenvalue weighted by molar-refractivity contribution is 5.39. The number of aryl methyl sites for hydroxylation is 1. The average molecular weight is 390 g/mol. The third-order valence-electron chi connectivity index (χ3n) is 6.57. The molecular formula is C26H35N3. The van der Waals surface area contributed by atoms with Crippen LogP contribution in [0.3, 0.4) is 0 Å². The summed E-state index contributed by atoms with van der Waals surface area (Å²) in [5, 5.41) is 10.2. The molecule has 0 N–H and O–H groups in total. The van der Waals surface area contributed by atoms with Gasteiger partial charge in [-0.25, -0.2) is 0 Å². The van der Waals surface area contributed by atoms with E-state index in [1.165, 1.54) is 16.7 Å². The van der Waals surface area contributed by atoms with Crippen molar-refractivity contribution in [3.63, 3.8) is 0 Å². The molecular weight excluding hydrogens is 354 g/mol. The van der Waals surface area contributed by atoms with Gasteiger partial charge in [-0.05, 0) is 48.9 Å². The van der Waals surface area contributed by atoms with Gasteiger partial charge in [-0.2, -0.15) is 5.26 Å². The second kappa shape index (κ2) is 10.1. The minimum Gasteiger partial charge on any atom is -0.301 e. The van der Waals surface area contributed by atoms with Crippen LogP contribution in [0.1, 0.15) is 43.4 Å². The third kappa shape index (κ3) is 5.26. The summed E-state index contributed by atoms with van der Waals surface area (Å²) in [6.07, 6.45) is 2.00. The Balaban J connectivity index is 1.52. The maximum atomic E-state index is 10.2. The summed E-state index contributed by atoms with van der Waals surface area (Å²) in [4.78, 5) is 5.12. The van der Waals surface area contributed by atoms with Gasteiger partial charge in [0.2, 0.25) is 0 Å². The Labute approximate surface area is 177 Å². The smallest absolute Gasteiger partial charge is 0.0848 e. The first kappa shape index (κ1) is 21.6. The van der Waals surface area contributed by atoms with Crippen molar-refractivity contribution in [3.05, 3.63) is 71.3 Å². The second-order valence-electron chi connectivity index (χ2n) is 8.76. The van der Waals surface area contributed by atoms with Crippen molar-refractivity contribution in [2.75, 3.05) is 32.7 Å². The van der Waals surface area contributed by atoms with Crippen LogP contribution in [-0.2, 0) is 12.0 Å². The minimum absolute atomic E-state index is 0.302. The van der Waals surface area contributed by atoms with Gasteiger partial charge >= 0.3 is 0 Å². The van der Waals surface area contributed by atoms with Gasteiger partial charge in [-0.3, -0.25) is 4.90 Å². The summed E-state index contributed by atoms with van der Waals surface area (Å²) in [6.45, 7) is 13.2. The number of hydrogen-bond acceptors (Lipinski definition) is 3. The van der Waals surface area contributed by atoms with E-state index in [1.807, 2.05) is 0 Å². The minimum atomic E-state index is -0.388. The molecule has 3 rings (SSSR count). The lowest BCUT2D eigenvalue weighted by molar-refractivity contribution is 0.123. The van der Waals surface area contributed by atoms with E-state index < -0.39 is 0 Å². The van der Waals surface area contributed by atoms with Gasteiger partial charge in [-0.15, -0.1) is 0 Å². The standard InChI is InChI=1S/C26H35N3/c1-22(2)26(21-27,25-13-8-7-10-23(25)3)14-9-15-28-16-18-29(19-17-28)20-24-11-5-4-6-12-24/h4-8,10-13,22H,9,14-20H2,1-3H3. The van der Waals surface area contributed by atoms with E-state index in [0.717, 1.165) is 52.1 Å². The van der Waals surface area contributed by atoms with E-state index in [2.05, 4.69) is 91.2 Å². The lowest BCUT2D eigenvalue weighted by atomic mass is 9.68. The van der Waals surface area contributed by atoms with Crippen LogP contribution in [0, 0.1) is 24.2 Å². The molecule has 2 aromatic carbocycles. The van der Waals surface area contributed by atoms with Crippen LogP contribution in [0.15, 0.2) is 54.6 Å². The number of benzene rings is 2. The van der Waals surface area contributed by atoms with Crippen molar-refractivity contribution in [2.45, 2.75) is 45.6 Å². The first-order valence-corrected chi connectivity index (χ1v) is 11.0. The maximum absolute atomic E-state index is 10.2. The van der Waals surface area contributed by atoms with Crippen molar-refractivity contribution in [1.82, 2.24) is 9.80 Å². The fourth-order valence-corrected chi connectivity index (χ4v) is 4.65. The topological polar surface area (TPSA) is 30.3 Å². The van der Waals surface area contributed by atoms with Crippen LogP contribution >= 0.6 is 0 Å². The van der Waals surface area contributed by atoms with Crippen LogP contribution in [0.25, 0.3) is 0 Å². The Kier molecular flexibility index (Phi) is 7.47. The highest BCUT2D eigenvalue weighted by Gasteiger charge is 2.36. The van der Waals surface area contributed by atoms with E-state index in [4.69, 9.17) is 0 Å². The molecule has 0 spiro atoms. The van der Waals surface area contributed by atoms with Gasteiger partial charge in [0, 0.05) is 32.7 Å². The van der Waals surface area contributed by atoms with Gasteiger partial charge < -0.3 is 4.90 Å². The number of rotatable bonds is 8. The second-order valence-corrected chi connectivity index (χ2v) is 8.76. The molecule has 1 unspecified atom stereocenters. The number of piperazine rings is 1. The van der Waals surface area contributed by atoms with Gasteiger partial charge in [0.05, 0.1) is 11.5 Å². The molecule has 1 saturated heterocycles. The molecule has 29 heavy (non-hydrogen) atoms. The Morgan fingerprint density at radius 1 is 0.931 bits per heavy atom. The zero-order valence-electron chi connectivity index (χ0n) is 18.3. The summed E-state index contributed by atoms with van der Waals surface area (Å²) < 4.78 is 0. The molecule has 1 heterocycles. The highest BCUT2D eigenvalue weighted by atomic mass is 15.3. The molecule has 154 valence electrons. The van der Waals surface area contributed by atoms with Crippen LogP contribution in [0.4, 0.5) is 0 Å². The molecule has 3 heteroatoms. The summed E-state index contributed by atoms with van der Waals surface area (Å²) in [7, 11) is 0. The van der Waals surface area contributed by atoms with E-state index in [1.54, 1.807) is 0 Å². The molecule has 0 bridgehead atoms. The lowest BCUT2D eigenvalue weighted by Crippen LogP contribution is -2.46. The molecule has 2 aromatic rings. The van der Waals surface area contributed by atoms with Gasteiger partial charge in [-0.1, -0.05) is 68.4 Å². The van der Waals surface area contributed by atoms with Gasteiger partial charge in [0.25, 0.3) is 0 Å². The predicted molar refractivity (Wildman–Crippen MR) is 121 cm³/mol. The molecule has 1 atom stereocenters. The number of nitriles is 1. The first-order valence-electron chi connectivity index (χ1n) is 11.0. The van der Waals surface area contributed by atoms with Crippen molar-refractivity contribution in [2.24, 2.45) is 5.92 Å². The van der Waals surface area contributed by atoms with E-state index in [-0.39, 0.29) is 5.41 Å². The van der Waals surface area contributed by atoms with Crippen LogP contribution in [0.5, 0.6) is 0 Å². The SMILES string of the molecule is Cc1ccccc1C(C#N)(CCCN1CCN(Cc2ccccc2)CC1)C(C)C. The number of hydrogen-bond donors (Lipinski definition) is 0. The Morgan fingerprint density at radius 2 is 1.55 bits per heavy atom. The first-order chi connectivity index (χ1) is 14.0. The normalized spacial score (nSPS) is 17.8. The number of nitrogens with zero attached hydrogens (tertiary/aromatic N) is 3. The zero-order valence-corrected chi connectivity index (χ0v) is 18.3. The monoisotopic (exact) mass is 389 g/mol. The maximum Gasteiger partial charge on any atom is 0.0848 e. The van der Waals surface area contributed by atoms with Crippen molar-refractivity contribution in [3.8, 4) is 6.07 Å². The third-order valence-corrected chi connectivity index (χ3v) is 6.57. The van der Waals surface area contributed by atoms with Crippen LogP contribution in [-0.4, -0.2) is 42.5 Å². The van der Waals surface area contributed by atoms with Gasteiger partial charge in [0.15, 0.2) is 0 Å². The van der Waals surface area contributed by atoms with Crippen LogP contribution in [0.2, 0.25) is 0 Å². The molecule has 1 aliphatic rings. The zero-order chi connectivity index (χ0) is 20.7. The molecule has 1 aliphatic heterocycles. The van der Waals surface area contributed by atoms with Crippen LogP contribution < -0.4 is 0 Å². The van der Waals surface area contributed by atoms with E-state index in [9.17, 15) is 5.26 Å². The molecule has 3 nitrogen and oxygen atoms in total. The summed E-state index contributed by atoms with van der Waals surface area (Å²) in [5.74, 6) is 0.302. The predicted octanol–water partition coefficient (Wildman–Crippen LogP) is 5.01. The van der Waals surface area contributed by atoms with Gasteiger partial charge in [0.1, 0.15) is 0 Å². The van der Waals surface area contributed by atoms with Crippen molar-refractivity contribution < 1.29 is 0 Å². The summed E-state index contributed by atoms with van der Waals surface area (Å²) in [5.41, 5.74) is 3.46. The van der Waals surface area contributed by atoms with Crippen molar-refractivity contribution in [1.29, 1.82) is 5.26 Å². The van der Waals surface area contributed by atoms with E-state index in [0.29, 0.717) is 5.92 Å².